The average molecular weight is 270 g/mol. The molecule has 1 aromatic carbocycles. The molecule has 0 aliphatic heterocycles. The summed E-state index contributed by atoms with van der Waals surface area (Å²) in [6.07, 6.45) is 0.770. The van der Waals surface area contributed by atoms with Crippen molar-refractivity contribution in [3.05, 3.63) is 45.9 Å². The highest BCUT2D eigenvalue weighted by molar-refractivity contribution is 7.07. The molecule has 0 atom stereocenters. The molecule has 0 saturated heterocycles. The second-order valence-corrected chi connectivity index (χ2v) is 4.53. The molecule has 3 nitrogen and oxygen atoms in total. The predicted molar refractivity (Wildman–Crippen MR) is 65.5 cm³/mol. The van der Waals surface area contributed by atoms with Crippen LogP contribution >= 0.6 is 11.3 Å². The van der Waals surface area contributed by atoms with Crippen molar-refractivity contribution < 1.29 is 13.9 Å². The van der Waals surface area contributed by atoms with Crippen LogP contribution < -0.4 is 5.32 Å². The number of aromatic hydroxyl groups is 1. The van der Waals surface area contributed by atoms with Gasteiger partial charge >= 0.3 is 0 Å². The number of phenols is 1. The third-order valence-corrected chi connectivity index (χ3v) is 3.08. The molecule has 0 fully saturated rings. The standard InChI is InChI=1S/C12H12F2N2OS/c13-10-3-8(4-11(14)12(10)17)5-15-2-1-9-6-18-7-16-9/h3-4,6-7,15,17H,1-2,5H2. The van der Waals surface area contributed by atoms with Gasteiger partial charge in [-0.2, -0.15) is 0 Å². The van der Waals surface area contributed by atoms with Crippen LogP contribution in [0.4, 0.5) is 8.78 Å². The largest absolute Gasteiger partial charge is 0.503 e. The zero-order chi connectivity index (χ0) is 13.0. The Hall–Kier alpha value is -1.53. The van der Waals surface area contributed by atoms with E-state index >= 15 is 0 Å². The molecule has 0 saturated carbocycles. The molecule has 0 radical (unpaired) electrons. The van der Waals surface area contributed by atoms with Gasteiger partial charge in [-0.3, -0.25) is 0 Å². The van der Waals surface area contributed by atoms with Crippen LogP contribution in [0.5, 0.6) is 5.75 Å². The maximum absolute atomic E-state index is 13.0. The van der Waals surface area contributed by atoms with Crippen molar-refractivity contribution >= 4 is 11.3 Å². The highest BCUT2D eigenvalue weighted by Crippen LogP contribution is 2.21. The van der Waals surface area contributed by atoms with Crippen molar-refractivity contribution in [2.45, 2.75) is 13.0 Å². The molecule has 1 aromatic heterocycles. The Balaban J connectivity index is 1.83. The molecule has 0 aliphatic rings. The van der Waals surface area contributed by atoms with Gasteiger partial charge in [0, 0.05) is 24.9 Å². The Morgan fingerprint density at radius 3 is 2.61 bits per heavy atom. The number of nitrogens with one attached hydrogen (secondary N) is 1. The minimum Gasteiger partial charge on any atom is -0.503 e. The van der Waals surface area contributed by atoms with Crippen molar-refractivity contribution in [3.8, 4) is 5.75 Å². The summed E-state index contributed by atoms with van der Waals surface area (Å²) in [6.45, 7) is 1.02. The average Bonchev–Trinajstić information content (AvgIpc) is 2.84. The van der Waals surface area contributed by atoms with E-state index in [1.807, 2.05) is 5.38 Å². The summed E-state index contributed by atoms with van der Waals surface area (Å²) in [7, 11) is 0. The van der Waals surface area contributed by atoms with Crippen LogP contribution in [0, 0.1) is 11.6 Å². The van der Waals surface area contributed by atoms with E-state index in [0.717, 1.165) is 24.2 Å². The van der Waals surface area contributed by atoms with E-state index in [-0.39, 0.29) is 0 Å². The topological polar surface area (TPSA) is 45.1 Å². The van der Waals surface area contributed by atoms with Gasteiger partial charge in [0.1, 0.15) is 0 Å². The van der Waals surface area contributed by atoms with Gasteiger partial charge in [-0.05, 0) is 17.7 Å². The first-order valence-electron chi connectivity index (χ1n) is 5.41. The number of thiazole rings is 1. The number of hydrogen-bond acceptors (Lipinski definition) is 4. The smallest absolute Gasteiger partial charge is 0.187 e. The van der Waals surface area contributed by atoms with Gasteiger partial charge in [-0.15, -0.1) is 11.3 Å². The maximum atomic E-state index is 13.0. The summed E-state index contributed by atoms with van der Waals surface area (Å²) in [6, 6.07) is 2.24. The summed E-state index contributed by atoms with van der Waals surface area (Å²) < 4.78 is 26.1. The molecule has 96 valence electrons. The summed E-state index contributed by atoms with van der Waals surface area (Å²) in [4.78, 5) is 4.13. The normalized spacial score (nSPS) is 10.8. The lowest BCUT2D eigenvalue weighted by molar-refractivity contribution is 0.395. The molecule has 2 N–H and O–H groups in total. The van der Waals surface area contributed by atoms with Crippen molar-refractivity contribution in [2.75, 3.05) is 6.54 Å². The molecule has 2 rings (SSSR count). The van der Waals surface area contributed by atoms with Crippen molar-refractivity contribution in [1.82, 2.24) is 10.3 Å². The van der Waals surface area contributed by atoms with Gasteiger partial charge in [0.25, 0.3) is 0 Å². The van der Waals surface area contributed by atoms with E-state index in [0.29, 0.717) is 18.7 Å². The van der Waals surface area contributed by atoms with E-state index in [2.05, 4.69) is 10.3 Å². The van der Waals surface area contributed by atoms with Gasteiger partial charge in [0.15, 0.2) is 17.4 Å². The van der Waals surface area contributed by atoms with Crippen LogP contribution in [0.1, 0.15) is 11.3 Å². The van der Waals surface area contributed by atoms with Gasteiger partial charge in [-0.25, -0.2) is 13.8 Å². The fourth-order valence-electron chi connectivity index (χ4n) is 1.53. The van der Waals surface area contributed by atoms with Crippen LogP contribution in [0.2, 0.25) is 0 Å². The minimum absolute atomic E-state index is 0.345. The molecule has 6 heteroatoms. The van der Waals surface area contributed by atoms with Crippen LogP contribution in [0.25, 0.3) is 0 Å². The lowest BCUT2D eigenvalue weighted by atomic mass is 10.2. The number of hydrogen-bond donors (Lipinski definition) is 2. The summed E-state index contributed by atoms with van der Waals surface area (Å²) in [5.74, 6) is -2.81. The maximum Gasteiger partial charge on any atom is 0.187 e. The van der Waals surface area contributed by atoms with E-state index in [1.54, 1.807) is 5.51 Å². The molecule has 0 spiro atoms. The number of nitrogens with zero attached hydrogens (tertiary/aromatic N) is 1. The first-order valence-corrected chi connectivity index (χ1v) is 6.36. The van der Waals surface area contributed by atoms with Crippen molar-refractivity contribution in [2.24, 2.45) is 0 Å². The van der Waals surface area contributed by atoms with E-state index in [9.17, 15) is 8.78 Å². The molecular weight excluding hydrogens is 258 g/mol. The van der Waals surface area contributed by atoms with E-state index in [1.165, 1.54) is 11.3 Å². The number of aromatic nitrogens is 1. The van der Waals surface area contributed by atoms with Crippen LogP contribution in [-0.4, -0.2) is 16.6 Å². The molecule has 0 amide bonds. The lowest BCUT2D eigenvalue weighted by Gasteiger charge is -2.05. The minimum atomic E-state index is -0.939. The van der Waals surface area contributed by atoms with Crippen LogP contribution in [-0.2, 0) is 13.0 Å². The Kier molecular flexibility index (Phi) is 4.22. The molecule has 18 heavy (non-hydrogen) atoms. The Labute approximate surface area is 107 Å². The van der Waals surface area contributed by atoms with Crippen LogP contribution in [0.15, 0.2) is 23.0 Å². The summed E-state index contributed by atoms with van der Waals surface area (Å²) in [5, 5.41) is 14.0. The molecule has 1 heterocycles. The fraction of sp³-hybridized carbons (Fsp3) is 0.250. The van der Waals surface area contributed by atoms with Gasteiger partial charge in [-0.1, -0.05) is 0 Å². The number of rotatable bonds is 5. The Bertz CT molecular complexity index is 494. The zero-order valence-electron chi connectivity index (χ0n) is 9.49. The third-order valence-electron chi connectivity index (χ3n) is 2.45. The summed E-state index contributed by atoms with van der Waals surface area (Å²) in [5.41, 5.74) is 3.22. The highest BCUT2D eigenvalue weighted by Gasteiger charge is 2.09. The molecule has 0 bridgehead atoms. The third kappa shape index (κ3) is 3.24. The first-order chi connectivity index (χ1) is 8.66. The number of halogens is 2. The van der Waals surface area contributed by atoms with Crippen LogP contribution in [0.3, 0.4) is 0 Å². The zero-order valence-corrected chi connectivity index (χ0v) is 10.3. The summed E-state index contributed by atoms with van der Waals surface area (Å²) >= 11 is 1.53. The molecule has 0 aliphatic carbocycles. The Morgan fingerprint density at radius 2 is 2.00 bits per heavy atom. The Morgan fingerprint density at radius 1 is 1.28 bits per heavy atom. The fourth-order valence-corrected chi connectivity index (χ4v) is 2.12. The monoisotopic (exact) mass is 270 g/mol. The van der Waals surface area contributed by atoms with Crippen molar-refractivity contribution in [1.29, 1.82) is 0 Å². The molecule has 0 unspecified atom stereocenters. The van der Waals surface area contributed by atoms with E-state index in [4.69, 9.17) is 5.11 Å². The number of benzene rings is 1. The number of phenolic OH excluding ortho intramolecular Hbond substituents is 1. The second kappa shape index (κ2) is 5.88. The van der Waals surface area contributed by atoms with Crippen molar-refractivity contribution in [3.63, 3.8) is 0 Å². The molecule has 2 aromatic rings. The van der Waals surface area contributed by atoms with Gasteiger partial charge in [0.05, 0.1) is 11.2 Å². The predicted octanol–water partition coefficient (Wildman–Crippen LogP) is 2.46. The van der Waals surface area contributed by atoms with E-state index < -0.39 is 17.4 Å². The molecular formula is C12H12F2N2OS. The first kappa shape index (κ1) is 12.9. The second-order valence-electron chi connectivity index (χ2n) is 3.81. The quantitative estimate of drug-likeness (QED) is 0.820. The van der Waals surface area contributed by atoms with Gasteiger partial charge in [0.2, 0.25) is 0 Å². The van der Waals surface area contributed by atoms with Gasteiger partial charge < -0.3 is 10.4 Å². The SMILES string of the molecule is Oc1c(F)cc(CNCCc2cscn2)cc1F. The lowest BCUT2D eigenvalue weighted by Crippen LogP contribution is -2.17. The highest BCUT2D eigenvalue weighted by atomic mass is 32.1.